The molecule has 0 fully saturated rings. The monoisotopic (exact) mass is 1240 g/mol. The van der Waals surface area contributed by atoms with E-state index in [0.29, 0.717) is 42.2 Å². The van der Waals surface area contributed by atoms with Crippen molar-refractivity contribution >= 4 is 57.0 Å². The molecule has 0 N–H and O–H groups in total. The molecular weight excluding hydrogens is 1180 g/mol. The van der Waals surface area contributed by atoms with Crippen LogP contribution in [-0.4, -0.2) is 36.8 Å². The van der Waals surface area contributed by atoms with Gasteiger partial charge in [-0.25, -0.2) is 36.6 Å². The number of benzene rings is 9. The maximum absolute atomic E-state index is 12.6. The molecule has 1 aliphatic rings. The van der Waals surface area contributed by atoms with Gasteiger partial charge in [0.05, 0.1) is 66.7 Å². The van der Waals surface area contributed by atoms with Gasteiger partial charge in [-0.3, -0.25) is 4.98 Å². The molecule has 90 heavy (non-hydrogen) atoms. The van der Waals surface area contributed by atoms with Crippen LogP contribution >= 0.6 is 11.3 Å². The molecule has 0 radical (unpaired) electrons. The summed E-state index contributed by atoms with van der Waals surface area (Å²) < 4.78 is 50.5. The van der Waals surface area contributed by atoms with Crippen LogP contribution in [0.1, 0.15) is 69.7 Å². The fourth-order valence-corrected chi connectivity index (χ4v) is 12.9. The van der Waals surface area contributed by atoms with Crippen LogP contribution in [0.3, 0.4) is 0 Å². The first-order valence-corrected chi connectivity index (χ1v) is 31.5. The van der Waals surface area contributed by atoms with E-state index in [-0.39, 0.29) is 5.41 Å². The van der Waals surface area contributed by atoms with E-state index in [9.17, 15) is 16.8 Å². The number of fused-ring (bicyclic) bond motifs is 5. The standard InChI is InChI=1S/C15H14O2S.C12H10O2S.C10H6N2S.3C8H7N.C7H5N.C6H5N3/c1-15(2)11-7-3-5-9-13(11)18(16,17)14-10-6-4-8-12(14)15;13-15(14,11-7-3-1-4-8-11)12-9-5-2-6-10-12;1-2-4-9-7(3-1)8-5-11-6-12-10(8)13-9;1-7-3-5-8(9-2)6-4-7;1-7-3-2-4-8(5-7)6-9;1-7-4-2-3-5-8(7)6-9;8-6-7-4-2-1-3-5-7;1-5-6(4-7)9-3-2-8-5/h3-10H,1-2H3;1-10H;1-6H;3-6H,1H3;2*2-5H,1H3;1-5H;2-3H,1H3. The van der Waals surface area contributed by atoms with Crippen LogP contribution in [0.4, 0.5) is 5.69 Å². The highest BCUT2D eigenvalue weighted by atomic mass is 32.2. The molecule has 0 saturated carbocycles. The fraction of sp³-hybridized carbons (Fsp3) is 0.0946. The van der Waals surface area contributed by atoms with E-state index in [1.165, 1.54) is 21.8 Å². The zero-order valence-electron chi connectivity index (χ0n) is 50.2. The molecule has 0 unspecified atom stereocenters. The van der Waals surface area contributed by atoms with E-state index in [2.05, 4.69) is 62.9 Å². The molecule has 1 aliphatic heterocycles. The number of hydrogen-bond donors (Lipinski definition) is 0. The van der Waals surface area contributed by atoms with Crippen molar-refractivity contribution in [2.24, 2.45) is 0 Å². The zero-order valence-corrected chi connectivity index (χ0v) is 52.7. The van der Waals surface area contributed by atoms with Gasteiger partial charge in [0.25, 0.3) is 0 Å². The molecular formula is C74H61N9O4S3. The first-order chi connectivity index (χ1) is 43.4. The van der Waals surface area contributed by atoms with Gasteiger partial charge in [-0.15, -0.1) is 11.3 Å². The Morgan fingerprint density at radius 1 is 0.511 bits per heavy atom. The highest BCUT2D eigenvalue weighted by Crippen LogP contribution is 2.45. The summed E-state index contributed by atoms with van der Waals surface area (Å²) in [6, 6.07) is 79.5. The largest absolute Gasteiger partial charge is 0.257 e. The minimum Gasteiger partial charge on any atom is -0.257 e. The molecule has 0 bridgehead atoms. The summed E-state index contributed by atoms with van der Waals surface area (Å²) >= 11 is 1.71. The van der Waals surface area contributed by atoms with Gasteiger partial charge in [0, 0.05) is 39.5 Å². The second kappa shape index (κ2) is 33.6. The van der Waals surface area contributed by atoms with Crippen molar-refractivity contribution in [3.05, 3.63) is 329 Å². The smallest absolute Gasteiger partial charge is 0.207 e. The van der Waals surface area contributed by atoms with Crippen molar-refractivity contribution in [1.29, 1.82) is 21.0 Å². The van der Waals surface area contributed by atoms with E-state index in [1.807, 2.05) is 160 Å². The van der Waals surface area contributed by atoms with Crippen LogP contribution in [-0.2, 0) is 25.1 Å². The van der Waals surface area contributed by atoms with Crippen LogP contribution in [0.2, 0.25) is 0 Å². The average Bonchev–Trinajstić information content (AvgIpc) is 0.949. The Balaban J connectivity index is 0.000000167. The Morgan fingerprint density at radius 2 is 1.02 bits per heavy atom. The van der Waals surface area contributed by atoms with Gasteiger partial charge >= 0.3 is 0 Å². The number of aryl methyl sites for hydroxylation is 4. The number of rotatable bonds is 2. The second-order valence-electron chi connectivity index (χ2n) is 20.0. The molecule has 0 aliphatic carbocycles. The second-order valence-corrected chi connectivity index (χ2v) is 24.9. The SMILES string of the molecule is CC1(C)c2ccccc2S(=O)(=O)c2ccccc21.Cc1cccc(C#N)c1.Cc1ccccc1C#N.Cc1nccnc1C#N.N#Cc1ccccc1.O=S(=O)(c1ccccc1)c1ccccc1.[C-]#[N+]c1ccc(C)cc1.c1ccc2c(c1)sc1ncncc12. The third-order valence-corrected chi connectivity index (χ3v) is 18.1. The van der Waals surface area contributed by atoms with E-state index in [0.717, 1.165) is 43.6 Å². The summed E-state index contributed by atoms with van der Waals surface area (Å²) in [4.78, 5) is 21.8. The Labute approximate surface area is 531 Å². The van der Waals surface area contributed by atoms with Crippen molar-refractivity contribution in [2.45, 2.75) is 66.5 Å². The van der Waals surface area contributed by atoms with Gasteiger partial charge in [0.15, 0.2) is 11.4 Å². The summed E-state index contributed by atoms with van der Waals surface area (Å²) in [5.74, 6) is 0. The topological polar surface area (TPSA) is 219 Å². The fourth-order valence-electron chi connectivity index (χ4n) is 8.56. The summed E-state index contributed by atoms with van der Waals surface area (Å²) in [5.41, 5.74) is 8.85. The summed E-state index contributed by atoms with van der Waals surface area (Å²) in [5, 5.41) is 35.9. The molecule has 0 atom stereocenters. The van der Waals surface area contributed by atoms with Crippen LogP contribution in [0.15, 0.2) is 281 Å². The number of thiophene rings is 1. The van der Waals surface area contributed by atoms with Crippen LogP contribution in [0, 0.1) is 79.6 Å². The predicted molar refractivity (Wildman–Crippen MR) is 356 cm³/mol. The highest BCUT2D eigenvalue weighted by molar-refractivity contribution is 7.92. The number of nitrogens with zero attached hydrogens (tertiary/aromatic N) is 9. The number of nitriles is 4. The van der Waals surface area contributed by atoms with Gasteiger partial charge in [-0.1, -0.05) is 183 Å². The van der Waals surface area contributed by atoms with Crippen molar-refractivity contribution in [3.8, 4) is 24.3 Å². The van der Waals surface area contributed by atoms with Crippen molar-refractivity contribution in [1.82, 2.24) is 19.9 Å². The lowest BCUT2D eigenvalue weighted by Gasteiger charge is -2.34. The van der Waals surface area contributed by atoms with E-state index in [1.54, 1.807) is 134 Å². The first kappa shape index (κ1) is 67.8. The molecule has 13 nitrogen and oxygen atoms in total. The van der Waals surface area contributed by atoms with Crippen LogP contribution in [0.5, 0.6) is 0 Å². The molecule has 9 aromatic carbocycles. The first-order valence-electron chi connectivity index (χ1n) is 27.8. The quantitative estimate of drug-likeness (QED) is 0.148. The lowest BCUT2D eigenvalue weighted by molar-refractivity contribution is 0.555. The highest BCUT2D eigenvalue weighted by Gasteiger charge is 2.39. The van der Waals surface area contributed by atoms with Gasteiger partial charge in [0.2, 0.25) is 19.7 Å². The van der Waals surface area contributed by atoms with E-state index in [4.69, 9.17) is 27.6 Å². The third kappa shape index (κ3) is 18.9. The molecule has 4 heterocycles. The third-order valence-electron chi connectivity index (χ3n) is 13.3. The maximum atomic E-state index is 12.6. The molecule has 0 saturated heterocycles. The van der Waals surface area contributed by atoms with E-state index >= 15 is 0 Å². The predicted octanol–water partition coefficient (Wildman–Crippen LogP) is 17.0. The van der Waals surface area contributed by atoms with Gasteiger partial charge in [-0.05, 0) is 123 Å². The summed E-state index contributed by atoms with van der Waals surface area (Å²) in [7, 11) is -6.71. The maximum Gasteiger partial charge on any atom is 0.207 e. The average molecular weight is 1240 g/mol. The molecule has 16 heteroatoms. The number of hydrogen-bond acceptors (Lipinski definition) is 13. The molecule has 13 rings (SSSR count). The molecule has 0 spiro atoms. The van der Waals surface area contributed by atoms with Crippen LogP contribution < -0.4 is 0 Å². The number of sulfone groups is 2. The molecule has 0 amide bonds. The molecule has 12 aromatic rings. The van der Waals surface area contributed by atoms with Crippen molar-refractivity contribution in [2.75, 3.05) is 0 Å². The Bertz CT molecular complexity index is 4570. The van der Waals surface area contributed by atoms with E-state index < -0.39 is 19.7 Å². The zero-order chi connectivity index (χ0) is 64.9. The Morgan fingerprint density at radius 3 is 1.51 bits per heavy atom. The van der Waals surface area contributed by atoms with Crippen LogP contribution in [0.25, 0.3) is 25.1 Å². The lowest BCUT2D eigenvalue weighted by atomic mass is 9.78. The summed E-state index contributed by atoms with van der Waals surface area (Å²) in [6.45, 7) is 18.4. The summed E-state index contributed by atoms with van der Waals surface area (Å²) in [6.07, 6.45) is 6.54. The lowest BCUT2D eigenvalue weighted by Crippen LogP contribution is -2.29. The van der Waals surface area contributed by atoms with Gasteiger partial charge in [-0.2, -0.15) is 21.0 Å². The minimum atomic E-state index is -3.37. The van der Waals surface area contributed by atoms with Crippen molar-refractivity contribution in [3.63, 3.8) is 0 Å². The minimum absolute atomic E-state index is 0.279. The Hall–Kier alpha value is -11.3. The molecule has 3 aromatic heterocycles. The van der Waals surface area contributed by atoms with Crippen molar-refractivity contribution < 1.29 is 16.8 Å². The van der Waals surface area contributed by atoms with Gasteiger partial charge in [0.1, 0.15) is 17.2 Å². The van der Waals surface area contributed by atoms with Gasteiger partial charge < -0.3 is 0 Å². The number of aromatic nitrogens is 4. The Kier molecular flexibility index (Phi) is 25.3. The molecule has 444 valence electrons. The normalized spacial score (nSPS) is 11.3.